The third-order valence-electron chi connectivity index (χ3n) is 12.8. The van der Waals surface area contributed by atoms with E-state index < -0.39 is 92.7 Å². The second-order valence-corrected chi connectivity index (χ2v) is 19.0. The fourth-order valence-electron chi connectivity index (χ4n) is 8.36. The summed E-state index contributed by atoms with van der Waals surface area (Å²) in [6, 6.07) is 0. The van der Waals surface area contributed by atoms with Gasteiger partial charge in [-0.2, -0.15) is 0 Å². The quantitative estimate of drug-likeness (QED) is 0.0174. The van der Waals surface area contributed by atoms with Crippen molar-refractivity contribution in [3.8, 4) is 0 Å². The Kier molecular flexibility index (Phi) is 37.5. The van der Waals surface area contributed by atoms with E-state index in [-0.39, 0.29) is 26.1 Å². The van der Waals surface area contributed by atoms with E-state index in [1.807, 2.05) is 0 Å². The summed E-state index contributed by atoms with van der Waals surface area (Å²) >= 11 is 0. The number of hydrogen-bond acceptors (Lipinski definition) is 15. The summed E-state index contributed by atoms with van der Waals surface area (Å²) in [5, 5.41) is 72.1. The Hall–Kier alpha value is -2.28. The molecular weight excluding hydrogens is 889 g/mol. The second kappa shape index (κ2) is 41.2. The molecule has 0 saturated carbocycles. The van der Waals surface area contributed by atoms with Crippen LogP contribution in [0.2, 0.25) is 0 Å². The highest BCUT2D eigenvalue weighted by atomic mass is 16.7. The van der Waals surface area contributed by atoms with Gasteiger partial charge in [-0.1, -0.05) is 153 Å². The summed E-state index contributed by atoms with van der Waals surface area (Å²) in [5.41, 5.74) is 0. The van der Waals surface area contributed by atoms with Crippen molar-refractivity contribution in [2.75, 3.05) is 26.4 Å². The number of aliphatic hydroxyl groups excluding tert-OH is 7. The van der Waals surface area contributed by atoms with E-state index in [0.717, 1.165) is 83.5 Å². The molecule has 2 rings (SSSR count). The van der Waals surface area contributed by atoms with Crippen molar-refractivity contribution in [2.45, 2.75) is 268 Å². The van der Waals surface area contributed by atoms with Crippen molar-refractivity contribution in [2.24, 2.45) is 0 Å². The number of rotatable bonds is 42. The minimum absolute atomic E-state index is 0.155. The standard InChI is InChI=1S/C54H96O15/c1-3-5-7-9-11-13-15-17-19-20-21-23-25-27-29-31-33-35-37-46(57)67-42(39-64-45(56)36-34-32-30-28-26-24-22-18-16-14-12-10-8-6-4-2)40-65-53-52(63)50(61)48(59)44(69-53)41-66-54-51(62)49(60)47(58)43(38-55)68-54/h13,15,18-20,22,42-44,47-55,58-63H,3-12,14,16-17,21,23-41H2,1-2H3/b15-13-,20-19-,22-18-. The molecule has 0 amide bonds. The van der Waals surface area contributed by atoms with E-state index in [1.54, 1.807) is 0 Å². The highest BCUT2D eigenvalue weighted by Crippen LogP contribution is 2.26. The maximum Gasteiger partial charge on any atom is 0.306 e. The van der Waals surface area contributed by atoms with Crippen LogP contribution in [-0.2, 0) is 38.0 Å². The van der Waals surface area contributed by atoms with Crippen molar-refractivity contribution < 1.29 is 73.8 Å². The van der Waals surface area contributed by atoms with Gasteiger partial charge in [-0.3, -0.25) is 9.59 Å². The number of carbonyl (C=O) groups is 2. The molecule has 0 radical (unpaired) electrons. The van der Waals surface area contributed by atoms with E-state index in [9.17, 15) is 45.3 Å². The van der Waals surface area contributed by atoms with Crippen molar-refractivity contribution >= 4 is 11.9 Å². The zero-order valence-corrected chi connectivity index (χ0v) is 42.5. The average molecular weight is 985 g/mol. The summed E-state index contributed by atoms with van der Waals surface area (Å²) in [5.74, 6) is -0.940. The molecule has 0 aliphatic carbocycles. The van der Waals surface area contributed by atoms with E-state index in [2.05, 4.69) is 50.3 Å². The fourth-order valence-corrected chi connectivity index (χ4v) is 8.36. The first-order chi connectivity index (χ1) is 33.5. The van der Waals surface area contributed by atoms with Crippen molar-refractivity contribution in [3.05, 3.63) is 36.5 Å². The van der Waals surface area contributed by atoms with Crippen LogP contribution in [0.4, 0.5) is 0 Å². The molecule has 2 saturated heterocycles. The Labute approximate surface area is 415 Å². The number of unbranched alkanes of at least 4 members (excludes halogenated alkanes) is 22. The number of aliphatic hydroxyl groups is 7. The van der Waals surface area contributed by atoms with Gasteiger partial charge in [-0.25, -0.2) is 0 Å². The van der Waals surface area contributed by atoms with E-state index >= 15 is 0 Å². The van der Waals surface area contributed by atoms with Crippen LogP contribution in [0, 0.1) is 0 Å². The molecule has 0 aromatic heterocycles. The molecule has 2 heterocycles. The number of carbonyl (C=O) groups excluding carboxylic acids is 2. The molecule has 7 N–H and O–H groups in total. The van der Waals surface area contributed by atoms with E-state index in [1.165, 1.54) is 77.0 Å². The lowest BCUT2D eigenvalue weighted by atomic mass is 9.98. The molecule has 0 aromatic carbocycles. The molecule has 402 valence electrons. The number of allylic oxidation sites excluding steroid dienone is 6. The third-order valence-corrected chi connectivity index (χ3v) is 12.8. The zero-order valence-electron chi connectivity index (χ0n) is 42.5. The van der Waals surface area contributed by atoms with Crippen LogP contribution < -0.4 is 0 Å². The molecule has 0 aromatic rings. The summed E-state index contributed by atoms with van der Waals surface area (Å²) in [4.78, 5) is 25.8. The molecule has 0 spiro atoms. The normalized spacial score (nSPS) is 25.8. The van der Waals surface area contributed by atoms with Crippen LogP contribution in [0.25, 0.3) is 0 Å². The number of hydrogen-bond donors (Lipinski definition) is 7. The monoisotopic (exact) mass is 985 g/mol. The second-order valence-electron chi connectivity index (χ2n) is 19.0. The Morgan fingerprint density at radius 1 is 0.464 bits per heavy atom. The SMILES string of the molecule is CCCCCC/C=C\C/C=C\CCCCCCCCCC(=O)OC(COC(=O)CCCCCCC/C=C\CCCCCCCC)COC1OC(COC2OC(CO)C(O)C(O)C2O)C(O)C(O)C1O. The smallest absolute Gasteiger partial charge is 0.306 e. The van der Waals surface area contributed by atoms with Crippen LogP contribution in [0.3, 0.4) is 0 Å². The van der Waals surface area contributed by atoms with Gasteiger partial charge in [0.25, 0.3) is 0 Å². The molecule has 2 fully saturated rings. The minimum Gasteiger partial charge on any atom is -0.462 e. The third kappa shape index (κ3) is 29.1. The first-order valence-corrected chi connectivity index (χ1v) is 27.1. The molecule has 69 heavy (non-hydrogen) atoms. The van der Waals surface area contributed by atoms with Crippen molar-refractivity contribution in [1.29, 1.82) is 0 Å². The molecule has 15 heteroatoms. The first kappa shape index (κ1) is 62.8. The Morgan fingerprint density at radius 3 is 1.38 bits per heavy atom. The highest BCUT2D eigenvalue weighted by Gasteiger charge is 2.47. The van der Waals surface area contributed by atoms with Gasteiger partial charge in [0.15, 0.2) is 18.7 Å². The van der Waals surface area contributed by atoms with E-state index in [0.29, 0.717) is 12.8 Å². The topological polar surface area (TPSA) is 231 Å². The first-order valence-electron chi connectivity index (χ1n) is 27.1. The molecular formula is C54H96O15. The Balaban J connectivity index is 1.80. The number of esters is 2. The van der Waals surface area contributed by atoms with Gasteiger partial charge in [0, 0.05) is 12.8 Å². The summed E-state index contributed by atoms with van der Waals surface area (Å²) in [6.45, 7) is 2.56. The summed E-state index contributed by atoms with van der Waals surface area (Å²) in [7, 11) is 0. The van der Waals surface area contributed by atoms with Crippen molar-refractivity contribution in [3.63, 3.8) is 0 Å². The minimum atomic E-state index is -1.77. The van der Waals surface area contributed by atoms with Crippen LogP contribution in [0.1, 0.15) is 200 Å². The van der Waals surface area contributed by atoms with E-state index in [4.69, 9.17) is 28.4 Å². The largest absolute Gasteiger partial charge is 0.462 e. The average Bonchev–Trinajstić information content (AvgIpc) is 3.34. The van der Waals surface area contributed by atoms with Gasteiger partial charge < -0.3 is 64.2 Å². The van der Waals surface area contributed by atoms with Crippen LogP contribution in [-0.4, -0.2) is 142 Å². The maximum absolute atomic E-state index is 13.0. The Morgan fingerprint density at radius 2 is 0.870 bits per heavy atom. The van der Waals surface area contributed by atoms with Gasteiger partial charge in [0.2, 0.25) is 0 Å². The predicted molar refractivity (Wildman–Crippen MR) is 266 cm³/mol. The van der Waals surface area contributed by atoms with Crippen LogP contribution in [0.5, 0.6) is 0 Å². The molecule has 0 bridgehead atoms. The lowest BCUT2D eigenvalue weighted by Crippen LogP contribution is -2.61. The van der Waals surface area contributed by atoms with Gasteiger partial charge >= 0.3 is 11.9 Å². The molecule has 11 unspecified atom stereocenters. The van der Waals surface area contributed by atoms with Crippen molar-refractivity contribution in [1.82, 2.24) is 0 Å². The lowest BCUT2D eigenvalue weighted by molar-refractivity contribution is -0.332. The summed E-state index contributed by atoms with van der Waals surface area (Å²) < 4.78 is 33.6. The fraction of sp³-hybridized carbons (Fsp3) is 0.852. The maximum atomic E-state index is 13.0. The number of ether oxygens (including phenoxy) is 6. The predicted octanol–water partition coefficient (Wildman–Crippen LogP) is 8.10. The molecule has 2 aliphatic rings. The van der Waals surface area contributed by atoms with Gasteiger partial charge in [0.05, 0.1) is 19.8 Å². The summed E-state index contributed by atoms with van der Waals surface area (Å²) in [6.07, 6.45) is 27.3. The molecule has 2 aliphatic heterocycles. The molecule has 11 atom stereocenters. The lowest BCUT2D eigenvalue weighted by Gasteiger charge is -2.42. The van der Waals surface area contributed by atoms with Gasteiger partial charge in [-0.15, -0.1) is 0 Å². The Bertz CT molecular complexity index is 1340. The van der Waals surface area contributed by atoms with Crippen LogP contribution in [0.15, 0.2) is 36.5 Å². The zero-order chi connectivity index (χ0) is 50.3. The van der Waals surface area contributed by atoms with Gasteiger partial charge in [0.1, 0.15) is 55.4 Å². The van der Waals surface area contributed by atoms with Gasteiger partial charge in [-0.05, 0) is 70.6 Å². The van der Waals surface area contributed by atoms with Crippen LogP contribution >= 0.6 is 0 Å². The molecule has 15 nitrogen and oxygen atoms in total. The highest BCUT2D eigenvalue weighted by molar-refractivity contribution is 5.70.